The minimum absolute atomic E-state index is 0.102. The van der Waals surface area contributed by atoms with Crippen LogP contribution in [0, 0.1) is 0 Å². The van der Waals surface area contributed by atoms with E-state index in [1.807, 2.05) is 12.3 Å². The Bertz CT molecular complexity index is 472. The van der Waals surface area contributed by atoms with Crippen molar-refractivity contribution in [3.8, 4) is 0 Å². The fourth-order valence-corrected chi connectivity index (χ4v) is 2.81. The Hall–Kier alpha value is -0.940. The average Bonchev–Trinajstić information content (AvgIpc) is 2.38. The van der Waals surface area contributed by atoms with Gasteiger partial charge in [0.1, 0.15) is 9.84 Å². The lowest BCUT2D eigenvalue weighted by atomic mass is 9.98. The van der Waals surface area contributed by atoms with Crippen molar-refractivity contribution in [1.29, 1.82) is 0 Å². The van der Waals surface area contributed by atoms with Gasteiger partial charge in [-0.25, -0.2) is 8.42 Å². The van der Waals surface area contributed by atoms with E-state index in [2.05, 4.69) is 11.9 Å². The molecule has 0 aromatic carbocycles. The van der Waals surface area contributed by atoms with E-state index in [0.717, 1.165) is 17.5 Å². The van der Waals surface area contributed by atoms with Crippen LogP contribution in [0.1, 0.15) is 43.9 Å². The van der Waals surface area contributed by atoms with E-state index < -0.39 is 9.84 Å². The minimum atomic E-state index is -2.88. The molecule has 0 aliphatic rings. The second kappa shape index (κ2) is 6.85. The smallest absolute Gasteiger partial charge is 0.150 e. The highest BCUT2D eigenvalue weighted by Gasteiger charge is 2.12. The molecule has 1 atom stereocenters. The second-order valence-corrected chi connectivity index (χ2v) is 6.89. The van der Waals surface area contributed by atoms with Crippen LogP contribution in [0.25, 0.3) is 0 Å². The molecule has 2 N–H and O–H groups in total. The number of hydrogen-bond donors (Lipinski definition) is 1. The van der Waals surface area contributed by atoms with E-state index in [4.69, 9.17) is 5.73 Å². The molecule has 0 radical (unpaired) electrons. The van der Waals surface area contributed by atoms with Gasteiger partial charge in [0.05, 0.1) is 5.75 Å². The lowest BCUT2D eigenvalue weighted by Gasteiger charge is -2.15. The SMILES string of the molecule is CCc1cnccc1C(N)CCCS(=O)(=O)CC. The summed E-state index contributed by atoms with van der Waals surface area (Å²) in [5.41, 5.74) is 8.35. The average molecular weight is 270 g/mol. The van der Waals surface area contributed by atoms with Crippen molar-refractivity contribution in [2.24, 2.45) is 5.73 Å². The monoisotopic (exact) mass is 270 g/mol. The van der Waals surface area contributed by atoms with Crippen LogP contribution in [0.15, 0.2) is 18.5 Å². The molecule has 1 unspecified atom stereocenters. The lowest BCUT2D eigenvalue weighted by molar-refractivity contribution is 0.583. The Morgan fingerprint density at radius 2 is 2.11 bits per heavy atom. The summed E-state index contributed by atoms with van der Waals surface area (Å²) < 4.78 is 22.8. The van der Waals surface area contributed by atoms with Crippen LogP contribution in [-0.2, 0) is 16.3 Å². The van der Waals surface area contributed by atoms with Gasteiger partial charge in [-0.3, -0.25) is 4.98 Å². The number of nitrogens with two attached hydrogens (primary N) is 1. The largest absolute Gasteiger partial charge is 0.324 e. The first kappa shape index (κ1) is 15.1. The quantitative estimate of drug-likeness (QED) is 0.820. The maximum Gasteiger partial charge on any atom is 0.150 e. The maximum atomic E-state index is 11.4. The van der Waals surface area contributed by atoms with Crippen molar-refractivity contribution in [2.75, 3.05) is 11.5 Å². The van der Waals surface area contributed by atoms with Gasteiger partial charge >= 0.3 is 0 Å². The minimum Gasteiger partial charge on any atom is -0.324 e. The zero-order valence-electron chi connectivity index (χ0n) is 11.1. The number of aromatic nitrogens is 1. The van der Waals surface area contributed by atoms with E-state index in [-0.39, 0.29) is 17.5 Å². The summed E-state index contributed by atoms with van der Waals surface area (Å²) in [6.45, 7) is 3.74. The zero-order chi connectivity index (χ0) is 13.6. The van der Waals surface area contributed by atoms with Crippen molar-refractivity contribution >= 4 is 9.84 Å². The van der Waals surface area contributed by atoms with Crippen LogP contribution in [0.2, 0.25) is 0 Å². The second-order valence-electron chi connectivity index (χ2n) is 4.41. The van der Waals surface area contributed by atoms with Gasteiger partial charge in [0, 0.05) is 24.2 Å². The Morgan fingerprint density at radius 1 is 1.39 bits per heavy atom. The standard InChI is InChI=1S/C13H22N2O2S/c1-3-11-10-15-8-7-12(11)13(14)6-5-9-18(16,17)4-2/h7-8,10,13H,3-6,9,14H2,1-2H3. The van der Waals surface area contributed by atoms with E-state index in [0.29, 0.717) is 12.8 Å². The summed E-state index contributed by atoms with van der Waals surface area (Å²) in [6, 6.07) is 1.83. The molecule has 0 aliphatic heterocycles. The van der Waals surface area contributed by atoms with Crippen molar-refractivity contribution < 1.29 is 8.42 Å². The topological polar surface area (TPSA) is 73.0 Å². The molecule has 0 saturated carbocycles. The third kappa shape index (κ3) is 4.38. The molecular formula is C13H22N2O2S. The molecule has 0 spiro atoms. The van der Waals surface area contributed by atoms with Gasteiger partial charge in [-0.15, -0.1) is 0 Å². The Morgan fingerprint density at radius 3 is 2.72 bits per heavy atom. The van der Waals surface area contributed by atoms with Gasteiger partial charge in [-0.2, -0.15) is 0 Å². The molecular weight excluding hydrogens is 248 g/mol. The van der Waals surface area contributed by atoms with E-state index in [1.165, 1.54) is 0 Å². The van der Waals surface area contributed by atoms with Crippen molar-refractivity contribution in [3.63, 3.8) is 0 Å². The van der Waals surface area contributed by atoms with E-state index in [1.54, 1.807) is 13.1 Å². The molecule has 0 saturated heterocycles. The first-order chi connectivity index (χ1) is 8.50. The predicted octanol–water partition coefficient (Wildman–Crippen LogP) is 1.86. The molecule has 0 bridgehead atoms. The Balaban J connectivity index is 2.58. The fraction of sp³-hybridized carbons (Fsp3) is 0.615. The number of hydrogen-bond acceptors (Lipinski definition) is 4. The van der Waals surface area contributed by atoms with E-state index in [9.17, 15) is 8.42 Å². The van der Waals surface area contributed by atoms with Gasteiger partial charge in [-0.05, 0) is 36.5 Å². The highest BCUT2D eigenvalue weighted by atomic mass is 32.2. The van der Waals surface area contributed by atoms with Gasteiger partial charge < -0.3 is 5.73 Å². The maximum absolute atomic E-state index is 11.4. The highest BCUT2D eigenvalue weighted by Crippen LogP contribution is 2.20. The molecule has 102 valence electrons. The van der Waals surface area contributed by atoms with Crippen LogP contribution in [0.4, 0.5) is 0 Å². The van der Waals surface area contributed by atoms with Gasteiger partial charge in [0.25, 0.3) is 0 Å². The highest BCUT2D eigenvalue weighted by molar-refractivity contribution is 7.91. The fourth-order valence-electron chi connectivity index (χ4n) is 1.92. The summed E-state index contributed by atoms with van der Waals surface area (Å²) in [5.74, 6) is 0.432. The van der Waals surface area contributed by atoms with Crippen LogP contribution < -0.4 is 5.73 Å². The molecule has 1 heterocycles. The predicted molar refractivity (Wildman–Crippen MR) is 74.1 cm³/mol. The number of aryl methyl sites for hydroxylation is 1. The molecule has 0 aliphatic carbocycles. The lowest BCUT2D eigenvalue weighted by Crippen LogP contribution is -2.15. The third-order valence-electron chi connectivity index (χ3n) is 3.13. The Kier molecular flexibility index (Phi) is 5.75. The van der Waals surface area contributed by atoms with Crippen molar-refractivity contribution in [1.82, 2.24) is 4.98 Å². The molecule has 1 rings (SSSR count). The summed E-state index contributed by atoms with van der Waals surface area (Å²) in [4.78, 5) is 4.08. The summed E-state index contributed by atoms with van der Waals surface area (Å²) in [6.07, 6.45) is 5.76. The van der Waals surface area contributed by atoms with Crippen LogP contribution in [-0.4, -0.2) is 24.9 Å². The Labute approximate surface area is 110 Å². The van der Waals surface area contributed by atoms with Crippen LogP contribution in [0.3, 0.4) is 0 Å². The van der Waals surface area contributed by atoms with Crippen molar-refractivity contribution in [3.05, 3.63) is 29.6 Å². The van der Waals surface area contributed by atoms with Gasteiger partial charge in [-0.1, -0.05) is 13.8 Å². The summed E-state index contributed by atoms with van der Waals surface area (Å²) in [5, 5.41) is 0. The normalized spacial score (nSPS) is 13.5. The van der Waals surface area contributed by atoms with Crippen LogP contribution >= 0.6 is 0 Å². The van der Waals surface area contributed by atoms with Crippen molar-refractivity contribution in [2.45, 2.75) is 39.2 Å². The first-order valence-electron chi connectivity index (χ1n) is 6.39. The zero-order valence-corrected chi connectivity index (χ0v) is 11.9. The third-order valence-corrected chi connectivity index (χ3v) is 4.92. The summed E-state index contributed by atoms with van der Waals surface area (Å²) >= 11 is 0. The summed E-state index contributed by atoms with van der Waals surface area (Å²) in [7, 11) is -2.88. The first-order valence-corrected chi connectivity index (χ1v) is 8.21. The van der Waals surface area contributed by atoms with Gasteiger partial charge in [0.2, 0.25) is 0 Å². The molecule has 4 nitrogen and oxygen atoms in total. The number of rotatable bonds is 7. The number of nitrogens with zero attached hydrogens (tertiary/aromatic N) is 1. The molecule has 0 amide bonds. The molecule has 1 aromatic heterocycles. The molecule has 5 heteroatoms. The van der Waals surface area contributed by atoms with E-state index >= 15 is 0 Å². The number of pyridine rings is 1. The molecule has 1 aromatic rings. The van der Waals surface area contributed by atoms with Crippen LogP contribution in [0.5, 0.6) is 0 Å². The molecule has 18 heavy (non-hydrogen) atoms. The van der Waals surface area contributed by atoms with Gasteiger partial charge in [0.15, 0.2) is 0 Å². The number of sulfone groups is 1. The molecule has 0 fully saturated rings.